The summed E-state index contributed by atoms with van der Waals surface area (Å²) in [6.45, 7) is 0. The topological polar surface area (TPSA) is 17.3 Å². The molecule has 0 aliphatic carbocycles. The van der Waals surface area contributed by atoms with Crippen molar-refractivity contribution >= 4 is 32.2 Å². The maximum absolute atomic E-state index is 4.70. The van der Waals surface area contributed by atoms with Gasteiger partial charge in [-0.15, -0.1) is 0 Å². The molecule has 0 saturated heterocycles. The molecule has 0 spiro atoms. The van der Waals surface area contributed by atoms with Crippen LogP contribution in [0.2, 0.25) is 0 Å². The molecular weight excluding hydrogens is 312 g/mol. The predicted molar refractivity (Wildman–Crippen MR) is 85.8 cm³/mol. The Morgan fingerprint density at radius 2 is 1.55 bits per heavy atom. The minimum atomic E-state index is 0.973. The molecule has 0 N–H and O–H groups in total. The summed E-state index contributed by atoms with van der Waals surface area (Å²) in [5, 5.41) is 7.11. The van der Waals surface area contributed by atoms with Crippen LogP contribution in [0, 0.1) is 0 Å². The first-order valence-electron chi connectivity index (χ1n) is 6.45. The van der Waals surface area contributed by atoms with Crippen molar-refractivity contribution in [1.82, 2.24) is 9.61 Å². The zero-order chi connectivity index (χ0) is 13.5. The lowest BCUT2D eigenvalue weighted by molar-refractivity contribution is 0.974. The molecule has 2 nitrogen and oxygen atoms in total. The number of aromatic nitrogens is 2. The van der Waals surface area contributed by atoms with E-state index >= 15 is 0 Å². The number of hydrogen-bond acceptors (Lipinski definition) is 1. The number of fused-ring (bicyclic) bond motifs is 2. The molecule has 0 aliphatic heterocycles. The van der Waals surface area contributed by atoms with Gasteiger partial charge in [-0.1, -0.05) is 54.6 Å². The normalized spacial score (nSPS) is 11.2. The van der Waals surface area contributed by atoms with E-state index in [0.717, 1.165) is 21.2 Å². The van der Waals surface area contributed by atoms with E-state index < -0.39 is 0 Å². The summed E-state index contributed by atoms with van der Waals surface area (Å²) in [5.74, 6) is 0. The van der Waals surface area contributed by atoms with Crippen LogP contribution in [0.1, 0.15) is 0 Å². The van der Waals surface area contributed by atoms with Crippen LogP contribution < -0.4 is 0 Å². The fraction of sp³-hybridized carbons (Fsp3) is 0. The van der Waals surface area contributed by atoms with Gasteiger partial charge in [0.05, 0.1) is 9.99 Å². The van der Waals surface area contributed by atoms with Crippen LogP contribution in [0.5, 0.6) is 0 Å². The summed E-state index contributed by atoms with van der Waals surface area (Å²) < 4.78 is 2.98. The van der Waals surface area contributed by atoms with Crippen LogP contribution in [-0.2, 0) is 0 Å². The van der Waals surface area contributed by atoms with Gasteiger partial charge in [0.15, 0.2) is 0 Å². The van der Waals surface area contributed by atoms with Gasteiger partial charge < -0.3 is 0 Å². The minimum Gasteiger partial charge on any atom is -0.239 e. The standard InChI is InChI=1S/C17H11BrN2/c18-16-15-10-13-8-4-5-9-14(13)11-20(15)19-17(16)12-6-2-1-3-7-12/h1-11H. The van der Waals surface area contributed by atoms with Crippen LogP contribution >= 0.6 is 15.9 Å². The van der Waals surface area contributed by atoms with E-state index in [0.29, 0.717) is 0 Å². The molecule has 3 heteroatoms. The highest BCUT2D eigenvalue weighted by Crippen LogP contribution is 2.32. The zero-order valence-electron chi connectivity index (χ0n) is 10.6. The highest BCUT2D eigenvalue weighted by atomic mass is 79.9. The predicted octanol–water partition coefficient (Wildman–Crippen LogP) is 4.92. The van der Waals surface area contributed by atoms with Crippen LogP contribution in [0.15, 0.2) is 71.3 Å². The van der Waals surface area contributed by atoms with Crippen molar-refractivity contribution in [2.45, 2.75) is 0 Å². The minimum absolute atomic E-state index is 0.973. The lowest BCUT2D eigenvalue weighted by Crippen LogP contribution is -1.87. The van der Waals surface area contributed by atoms with Gasteiger partial charge in [0, 0.05) is 17.1 Å². The molecule has 20 heavy (non-hydrogen) atoms. The molecule has 4 rings (SSSR count). The van der Waals surface area contributed by atoms with E-state index in [1.807, 2.05) is 28.8 Å². The summed E-state index contributed by atoms with van der Waals surface area (Å²) in [7, 11) is 0. The molecule has 0 amide bonds. The summed E-state index contributed by atoms with van der Waals surface area (Å²) in [6, 6.07) is 20.7. The zero-order valence-corrected chi connectivity index (χ0v) is 12.2. The average molecular weight is 323 g/mol. The molecule has 0 radical (unpaired) electrons. The van der Waals surface area contributed by atoms with E-state index in [1.54, 1.807) is 0 Å². The molecule has 0 aliphatic rings. The molecular formula is C17H11BrN2. The highest BCUT2D eigenvalue weighted by Gasteiger charge is 2.12. The number of pyridine rings is 1. The van der Waals surface area contributed by atoms with Gasteiger partial charge in [-0.25, -0.2) is 4.52 Å². The second kappa shape index (κ2) is 4.46. The molecule has 2 aromatic heterocycles. The number of nitrogens with zero attached hydrogens (tertiary/aromatic N) is 2. The van der Waals surface area contributed by atoms with Gasteiger partial charge in [-0.3, -0.25) is 0 Å². The van der Waals surface area contributed by atoms with Gasteiger partial charge in [-0.05, 0) is 27.4 Å². The molecule has 0 unspecified atom stereocenters. The van der Waals surface area contributed by atoms with Crippen molar-refractivity contribution in [3.8, 4) is 11.3 Å². The molecule has 0 fully saturated rings. The Kier molecular flexibility index (Phi) is 2.60. The van der Waals surface area contributed by atoms with Crippen molar-refractivity contribution in [3.05, 3.63) is 71.3 Å². The van der Waals surface area contributed by atoms with Gasteiger partial charge in [0.25, 0.3) is 0 Å². The second-order valence-electron chi connectivity index (χ2n) is 4.76. The first-order valence-corrected chi connectivity index (χ1v) is 7.24. The van der Waals surface area contributed by atoms with Crippen molar-refractivity contribution in [1.29, 1.82) is 0 Å². The molecule has 0 bridgehead atoms. The molecule has 2 aromatic carbocycles. The van der Waals surface area contributed by atoms with Crippen LogP contribution in [-0.4, -0.2) is 9.61 Å². The molecule has 96 valence electrons. The van der Waals surface area contributed by atoms with Crippen LogP contribution in [0.4, 0.5) is 0 Å². The number of hydrogen-bond donors (Lipinski definition) is 0. The van der Waals surface area contributed by atoms with Crippen molar-refractivity contribution in [2.24, 2.45) is 0 Å². The maximum Gasteiger partial charge on any atom is 0.108 e. The summed E-state index contributed by atoms with van der Waals surface area (Å²) in [4.78, 5) is 0. The Morgan fingerprint density at radius 3 is 2.35 bits per heavy atom. The third-order valence-electron chi connectivity index (χ3n) is 3.48. The number of rotatable bonds is 1. The Morgan fingerprint density at radius 1 is 0.850 bits per heavy atom. The molecule has 0 atom stereocenters. The van der Waals surface area contributed by atoms with Gasteiger partial charge in [-0.2, -0.15) is 5.10 Å². The fourth-order valence-corrected chi connectivity index (χ4v) is 3.08. The summed E-state index contributed by atoms with van der Waals surface area (Å²) in [5.41, 5.74) is 3.18. The first-order chi connectivity index (χ1) is 9.83. The summed E-state index contributed by atoms with van der Waals surface area (Å²) >= 11 is 3.69. The van der Waals surface area contributed by atoms with E-state index in [2.05, 4.69) is 58.5 Å². The monoisotopic (exact) mass is 322 g/mol. The lowest BCUT2D eigenvalue weighted by atomic mass is 10.1. The lowest BCUT2D eigenvalue weighted by Gasteiger charge is -1.98. The Bertz CT molecular complexity index is 910. The van der Waals surface area contributed by atoms with E-state index in [9.17, 15) is 0 Å². The number of benzene rings is 2. The largest absolute Gasteiger partial charge is 0.239 e. The van der Waals surface area contributed by atoms with Crippen molar-refractivity contribution in [3.63, 3.8) is 0 Å². The van der Waals surface area contributed by atoms with Crippen molar-refractivity contribution < 1.29 is 0 Å². The molecule has 2 heterocycles. The van der Waals surface area contributed by atoms with Crippen LogP contribution in [0.25, 0.3) is 27.5 Å². The van der Waals surface area contributed by atoms with Gasteiger partial charge in [0.1, 0.15) is 5.69 Å². The average Bonchev–Trinajstić information content (AvgIpc) is 2.83. The Hall–Kier alpha value is -2.13. The van der Waals surface area contributed by atoms with Crippen molar-refractivity contribution in [2.75, 3.05) is 0 Å². The van der Waals surface area contributed by atoms with Gasteiger partial charge in [0.2, 0.25) is 0 Å². The first kappa shape index (κ1) is 11.7. The number of halogens is 1. The Labute approximate surface area is 124 Å². The highest BCUT2D eigenvalue weighted by molar-refractivity contribution is 9.10. The molecule has 4 aromatic rings. The third-order valence-corrected chi connectivity index (χ3v) is 4.27. The van der Waals surface area contributed by atoms with E-state index in [1.165, 1.54) is 10.8 Å². The Balaban J connectivity index is 2.05. The quantitative estimate of drug-likeness (QED) is 0.486. The second-order valence-corrected chi connectivity index (χ2v) is 5.55. The van der Waals surface area contributed by atoms with Crippen LogP contribution in [0.3, 0.4) is 0 Å². The molecule has 0 saturated carbocycles. The smallest absolute Gasteiger partial charge is 0.108 e. The summed E-state index contributed by atoms with van der Waals surface area (Å²) in [6.07, 6.45) is 2.07. The fourth-order valence-electron chi connectivity index (χ4n) is 2.47. The van der Waals surface area contributed by atoms with Gasteiger partial charge >= 0.3 is 0 Å². The van der Waals surface area contributed by atoms with E-state index in [-0.39, 0.29) is 0 Å². The SMILES string of the molecule is Brc1c(-c2ccccc2)nn2cc3ccccc3cc12. The third kappa shape index (κ3) is 1.74. The maximum atomic E-state index is 4.70. The van der Waals surface area contributed by atoms with E-state index in [4.69, 9.17) is 5.10 Å².